The van der Waals surface area contributed by atoms with Crippen LogP contribution in [0.4, 0.5) is 13.2 Å². The van der Waals surface area contributed by atoms with E-state index in [-0.39, 0.29) is 17.6 Å². The van der Waals surface area contributed by atoms with Crippen molar-refractivity contribution in [3.8, 4) is 11.3 Å². The molecule has 1 aromatic carbocycles. The van der Waals surface area contributed by atoms with Crippen molar-refractivity contribution in [2.75, 3.05) is 0 Å². The van der Waals surface area contributed by atoms with Crippen LogP contribution in [0.25, 0.3) is 11.3 Å². The second-order valence-electron chi connectivity index (χ2n) is 8.89. The van der Waals surface area contributed by atoms with E-state index in [0.717, 1.165) is 44.0 Å². The zero-order chi connectivity index (χ0) is 21.2. The molecule has 1 N–H and O–H groups in total. The van der Waals surface area contributed by atoms with E-state index in [1.54, 1.807) is 24.3 Å². The molecule has 3 rings (SSSR count). The number of nitrogens with zero attached hydrogens (tertiary/aromatic N) is 1. The molecule has 3 nitrogen and oxygen atoms in total. The van der Waals surface area contributed by atoms with Gasteiger partial charge in [-0.05, 0) is 61.3 Å². The lowest BCUT2D eigenvalue weighted by molar-refractivity contribution is -0.137. The predicted molar refractivity (Wildman–Crippen MR) is 107 cm³/mol. The Morgan fingerprint density at radius 2 is 1.62 bits per heavy atom. The van der Waals surface area contributed by atoms with Crippen molar-refractivity contribution in [1.29, 1.82) is 0 Å². The molecule has 0 radical (unpaired) electrons. The summed E-state index contributed by atoms with van der Waals surface area (Å²) in [7, 11) is 0. The van der Waals surface area contributed by atoms with Gasteiger partial charge in [0, 0.05) is 23.4 Å². The highest BCUT2D eigenvalue weighted by molar-refractivity contribution is 5.94. The lowest BCUT2D eigenvalue weighted by atomic mass is 9.71. The van der Waals surface area contributed by atoms with E-state index in [0.29, 0.717) is 22.5 Å². The number of rotatable bonds is 3. The highest BCUT2D eigenvalue weighted by atomic mass is 19.4. The van der Waals surface area contributed by atoms with Gasteiger partial charge in [0.1, 0.15) is 0 Å². The SMILES string of the molecule is CC(C)(C)C1CCC(NC(=O)c2ccc(-c3cc(C(F)(F)F)ccn3)cc2)CC1. The molecule has 1 amide bonds. The van der Waals surface area contributed by atoms with Gasteiger partial charge < -0.3 is 5.32 Å². The Kier molecular flexibility index (Phi) is 6.01. The van der Waals surface area contributed by atoms with Gasteiger partial charge in [-0.3, -0.25) is 9.78 Å². The van der Waals surface area contributed by atoms with Gasteiger partial charge in [-0.2, -0.15) is 13.2 Å². The van der Waals surface area contributed by atoms with Crippen LogP contribution in [0, 0.1) is 11.3 Å². The van der Waals surface area contributed by atoms with Crippen LogP contribution in [0.1, 0.15) is 62.4 Å². The van der Waals surface area contributed by atoms with E-state index >= 15 is 0 Å². The number of carbonyl (C=O) groups is 1. The minimum Gasteiger partial charge on any atom is -0.349 e. The molecular weight excluding hydrogens is 377 g/mol. The zero-order valence-electron chi connectivity index (χ0n) is 17.0. The number of alkyl halides is 3. The molecule has 1 aliphatic rings. The first kappa shape index (κ1) is 21.3. The molecule has 156 valence electrons. The Bertz CT molecular complexity index is 846. The van der Waals surface area contributed by atoms with Gasteiger partial charge in [-0.1, -0.05) is 32.9 Å². The number of hydrogen-bond donors (Lipinski definition) is 1. The highest BCUT2D eigenvalue weighted by Gasteiger charge is 2.31. The number of benzene rings is 1. The van der Waals surface area contributed by atoms with Crippen molar-refractivity contribution in [3.63, 3.8) is 0 Å². The summed E-state index contributed by atoms with van der Waals surface area (Å²) in [4.78, 5) is 16.6. The van der Waals surface area contributed by atoms with E-state index in [4.69, 9.17) is 0 Å². The average Bonchev–Trinajstić information content (AvgIpc) is 2.67. The van der Waals surface area contributed by atoms with Gasteiger partial charge >= 0.3 is 6.18 Å². The van der Waals surface area contributed by atoms with Crippen molar-refractivity contribution in [1.82, 2.24) is 10.3 Å². The van der Waals surface area contributed by atoms with Gasteiger partial charge in [0.25, 0.3) is 5.91 Å². The molecule has 0 aliphatic heterocycles. The fourth-order valence-electron chi connectivity index (χ4n) is 3.93. The largest absolute Gasteiger partial charge is 0.416 e. The van der Waals surface area contributed by atoms with Crippen LogP contribution in [0.2, 0.25) is 0 Å². The third-order valence-corrected chi connectivity index (χ3v) is 5.82. The quantitative estimate of drug-likeness (QED) is 0.671. The van der Waals surface area contributed by atoms with E-state index < -0.39 is 11.7 Å². The maximum absolute atomic E-state index is 12.9. The molecule has 1 aromatic heterocycles. The number of amides is 1. The van der Waals surface area contributed by atoms with E-state index in [1.165, 1.54) is 0 Å². The van der Waals surface area contributed by atoms with Crippen molar-refractivity contribution in [2.45, 2.75) is 58.7 Å². The zero-order valence-corrected chi connectivity index (χ0v) is 17.0. The van der Waals surface area contributed by atoms with Gasteiger partial charge in [0.2, 0.25) is 0 Å². The lowest BCUT2D eigenvalue weighted by Crippen LogP contribution is -2.39. The third kappa shape index (κ3) is 5.37. The molecule has 0 spiro atoms. The van der Waals surface area contributed by atoms with Crippen molar-refractivity contribution < 1.29 is 18.0 Å². The van der Waals surface area contributed by atoms with Gasteiger partial charge in [-0.25, -0.2) is 0 Å². The van der Waals surface area contributed by atoms with Crippen LogP contribution in [-0.2, 0) is 6.18 Å². The van der Waals surface area contributed by atoms with Crippen LogP contribution in [0.15, 0.2) is 42.6 Å². The van der Waals surface area contributed by atoms with Crippen LogP contribution in [0.5, 0.6) is 0 Å². The smallest absolute Gasteiger partial charge is 0.349 e. The van der Waals surface area contributed by atoms with E-state index in [1.807, 2.05) is 0 Å². The summed E-state index contributed by atoms with van der Waals surface area (Å²) >= 11 is 0. The number of aromatic nitrogens is 1. The molecule has 1 fully saturated rings. The topological polar surface area (TPSA) is 42.0 Å². The van der Waals surface area contributed by atoms with Crippen LogP contribution < -0.4 is 5.32 Å². The van der Waals surface area contributed by atoms with Gasteiger partial charge in [-0.15, -0.1) is 0 Å². The fraction of sp³-hybridized carbons (Fsp3) is 0.478. The van der Waals surface area contributed by atoms with Crippen LogP contribution >= 0.6 is 0 Å². The second kappa shape index (κ2) is 8.17. The summed E-state index contributed by atoms with van der Waals surface area (Å²) in [6.45, 7) is 6.78. The van der Waals surface area contributed by atoms with Crippen molar-refractivity contribution >= 4 is 5.91 Å². The summed E-state index contributed by atoms with van der Waals surface area (Å²) in [6, 6.07) is 8.66. The highest BCUT2D eigenvalue weighted by Crippen LogP contribution is 2.37. The Hall–Kier alpha value is -2.37. The van der Waals surface area contributed by atoms with Crippen molar-refractivity contribution in [2.24, 2.45) is 11.3 Å². The summed E-state index contributed by atoms with van der Waals surface area (Å²) in [5, 5.41) is 3.09. The van der Waals surface area contributed by atoms with Crippen LogP contribution in [0.3, 0.4) is 0 Å². The Morgan fingerprint density at radius 3 is 2.17 bits per heavy atom. The molecule has 0 saturated heterocycles. The third-order valence-electron chi connectivity index (χ3n) is 5.82. The molecule has 0 atom stereocenters. The van der Waals surface area contributed by atoms with E-state index in [9.17, 15) is 18.0 Å². The standard InChI is InChI=1S/C23H27F3N2O/c1-22(2,3)17-8-10-19(11-9-17)28-21(29)16-6-4-15(5-7-16)20-14-18(12-13-27-20)23(24,25)26/h4-7,12-14,17,19H,8-11H2,1-3H3,(H,28,29). The molecule has 29 heavy (non-hydrogen) atoms. The Balaban J connectivity index is 1.63. The average molecular weight is 404 g/mol. The lowest BCUT2D eigenvalue weighted by Gasteiger charge is -2.37. The van der Waals surface area contributed by atoms with Crippen molar-refractivity contribution in [3.05, 3.63) is 53.7 Å². The van der Waals surface area contributed by atoms with Gasteiger partial charge in [0.15, 0.2) is 0 Å². The first-order chi connectivity index (χ1) is 13.5. The fourth-order valence-corrected chi connectivity index (χ4v) is 3.93. The molecule has 1 heterocycles. The molecule has 0 unspecified atom stereocenters. The Morgan fingerprint density at radius 1 is 1.00 bits per heavy atom. The number of halogens is 3. The molecule has 1 aliphatic carbocycles. The van der Waals surface area contributed by atoms with E-state index in [2.05, 4.69) is 31.1 Å². The molecule has 1 saturated carbocycles. The maximum Gasteiger partial charge on any atom is 0.416 e. The number of hydrogen-bond acceptors (Lipinski definition) is 2. The monoisotopic (exact) mass is 404 g/mol. The number of carbonyl (C=O) groups excluding carboxylic acids is 1. The molecular formula is C23H27F3N2O. The minimum absolute atomic E-state index is 0.146. The summed E-state index contributed by atoms with van der Waals surface area (Å²) in [5.41, 5.74) is 0.821. The first-order valence-electron chi connectivity index (χ1n) is 9.98. The number of pyridine rings is 1. The van der Waals surface area contributed by atoms with Gasteiger partial charge in [0.05, 0.1) is 11.3 Å². The first-order valence-corrected chi connectivity index (χ1v) is 9.98. The molecule has 6 heteroatoms. The maximum atomic E-state index is 12.9. The normalized spacial score (nSPS) is 20.3. The molecule has 0 bridgehead atoms. The second-order valence-corrected chi connectivity index (χ2v) is 8.89. The van der Waals surface area contributed by atoms with Crippen LogP contribution in [-0.4, -0.2) is 16.9 Å². The summed E-state index contributed by atoms with van der Waals surface area (Å²) in [6.07, 6.45) is 0.888. The molecule has 2 aromatic rings. The summed E-state index contributed by atoms with van der Waals surface area (Å²) in [5.74, 6) is 0.530. The minimum atomic E-state index is -4.41. The number of nitrogens with one attached hydrogen (secondary N) is 1. The predicted octanol–water partition coefficient (Wildman–Crippen LogP) is 6.10. The summed E-state index contributed by atoms with van der Waals surface area (Å²) < 4.78 is 38.7. The Labute approximate surface area is 169 Å².